The molecule has 18 heavy (non-hydrogen) atoms. The van der Waals surface area contributed by atoms with Crippen molar-refractivity contribution in [2.24, 2.45) is 0 Å². The first-order valence-corrected chi connectivity index (χ1v) is 8.61. The van der Waals surface area contributed by atoms with E-state index in [0.717, 1.165) is 25.9 Å². The van der Waals surface area contributed by atoms with Crippen molar-refractivity contribution in [3.05, 3.63) is 0 Å². The molecule has 5 nitrogen and oxygen atoms in total. The average molecular weight is 277 g/mol. The highest BCUT2D eigenvalue weighted by Crippen LogP contribution is 2.13. The average Bonchev–Trinajstić information content (AvgIpc) is 2.70. The molecule has 2 unspecified atom stereocenters. The Kier molecular flexibility index (Phi) is 5.41. The van der Waals surface area contributed by atoms with Crippen molar-refractivity contribution in [3.63, 3.8) is 0 Å². The first-order chi connectivity index (χ1) is 8.66. The van der Waals surface area contributed by atoms with Gasteiger partial charge in [0.25, 0.3) is 0 Å². The number of hydrogen-bond acceptors (Lipinski definition) is 5. The van der Waals surface area contributed by atoms with Crippen LogP contribution in [0.15, 0.2) is 0 Å². The van der Waals surface area contributed by atoms with Crippen molar-refractivity contribution in [1.29, 1.82) is 0 Å². The highest BCUT2D eigenvalue weighted by atomic mass is 32.2. The first-order valence-electron chi connectivity index (χ1n) is 6.79. The number of ether oxygens (including phenoxy) is 2. The topological polar surface area (TPSA) is 64.6 Å². The Balaban J connectivity index is 1.49. The van der Waals surface area contributed by atoms with E-state index in [9.17, 15) is 8.42 Å². The van der Waals surface area contributed by atoms with Crippen LogP contribution in [0.2, 0.25) is 0 Å². The molecule has 6 heteroatoms. The molecule has 0 aromatic heterocycles. The summed E-state index contributed by atoms with van der Waals surface area (Å²) in [6.07, 6.45) is 4.47. The standard InChI is InChI=1S/C12H23NO4S/c14-18(15)8-4-11(10-18)13-5-7-16-9-12-3-1-2-6-17-12/h11-13H,1-10H2. The van der Waals surface area contributed by atoms with Crippen LogP contribution in [0.4, 0.5) is 0 Å². The highest BCUT2D eigenvalue weighted by molar-refractivity contribution is 7.91. The molecule has 0 bridgehead atoms. The maximum atomic E-state index is 11.2. The molecule has 2 rings (SSSR count). The molecule has 0 aromatic rings. The zero-order valence-electron chi connectivity index (χ0n) is 10.8. The van der Waals surface area contributed by atoms with E-state index in [0.29, 0.717) is 25.5 Å². The molecule has 0 amide bonds. The summed E-state index contributed by atoms with van der Waals surface area (Å²) in [5.74, 6) is 0.597. The minimum atomic E-state index is -2.78. The Morgan fingerprint density at radius 1 is 1.28 bits per heavy atom. The van der Waals surface area contributed by atoms with Gasteiger partial charge >= 0.3 is 0 Å². The molecule has 2 heterocycles. The monoisotopic (exact) mass is 277 g/mol. The van der Waals surface area contributed by atoms with E-state index < -0.39 is 9.84 Å². The molecule has 0 aromatic carbocycles. The lowest BCUT2D eigenvalue weighted by Gasteiger charge is -2.22. The summed E-state index contributed by atoms with van der Waals surface area (Å²) in [6, 6.07) is 0.115. The quantitative estimate of drug-likeness (QED) is 0.710. The van der Waals surface area contributed by atoms with Gasteiger partial charge in [0, 0.05) is 19.2 Å². The van der Waals surface area contributed by atoms with Gasteiger partial charge in [0.15, 0.2) is 9.84 Å². The highest BCUT2D eigenvalue weighted by Gasteiger charge is 2.27. The second-order valence-corrected chi connectivity index (χ2v) is 7.35. The number of rotatable bonds is 6. The molecule has 0 aliphatic carbocycles. The normalized spacial score (nSPS) is 31.6. The fourth-order valence-corrected chi connectivity index (χ4v) is 4.15. The van der Waals surface area contributed by atoms with Crippen LogP contribution in [0.5, 0.6) is 0 Å². The van der Waals surface area contributed by atoms with E-state index in [1.165, 1.54) is 6.42 Å². The maximum Gasteiger partial charge on any atom is 0.151 e. The Hall–Kier alpha value is -0.170. The summed E-state index contributed by atoms with van der Waals surface area (Å²) in [6.45, 7) is 2.85. The first kappa shape index (κ1) is 14.2. The Bertz CT molecular complexity index is 338. The third kappa shape index (κ3) is 4.84. The lowest BCUT2D eigenvalue weighted by atomic mass is 10.1. The fourth-order valence-electron chi connectivity index (χ4n) is 2.44. The zero-order valence-corrected chi connectivity index (χ0v) is 11.6. The number of hydrogen-bond donors (Lipinski definition) is 1. The Morgan fingerprint density at radius 3 is 2.83 bits per heavy atom. The van der Waals surface area contributed by atoms with Crippen LogP contribution in [-0.4, -0.2) is 58.4 Å². The molecule has 0 radical (unpaired) electrons. The van der Waals surface area contributed by atoms with E-state index in [1.54, 1.807) is 0 Å². The Morgan fingerprint density at radius 2 is 2.17 bits per heavy atom. The lowest BCUT2D eigenvalue weighted by molar-refractivity contribution is -0.0400. The van der Waals surface area contributed by atoms with Gasteiger partial charge in [-0.1, -0.05) is 0 Å². The predicted octanol–water partition coefficient (Wildman–Crippen LogP) is 0.349. The lowest BCUT2D eigenvalue weighted by Crippen LogP contribution is -2.33. The van der Waals surface area contributed by atoms with Crippen LogP contribution in [0, 0.1) is 0 Å². The summed E-state index contributed by atoms with van der Waals surface area (Å²) in [4.78, 5) is 0. The SMILES string of the molecule is O=S1(=O)CCC(NCCOCC2CCCCO2)C1. The minimum Gasteiger partial charge on any atom is -0.377 e. The molecular weight excluding hydrogens is 254 g/mol. The Labute approximate surface area is 109 Å². The molecule has 106 valence electrons. The van der Waals surface area contributed by atoms with Gasteiger partial charge in [0.1, 0.15) is 0 Å². The van der Waals surface area contributed by atoms with Gasteiger partial charge < -0.3 is 14.8 Å². The van der Waals surface area contributed by atoms with Crippen LogP contribution in [-0.2, 0) is 19.3 Å². The van der Waals surface area contributed by atoms with Crippen molar-refractivity contribution < 1.29 is 17.9 Å². The fraction of sp³-hybridized carbons (Fsp3) is 1.00. The largest absolute Gasteiger partial charge is 0.377 e. The third-order valence-electron chi connectivity index (χ3n) is 3.49. The van der Waals surface area contributed by atoms with Crippen molar-refractivity contribution in [2.75, 3.05) is 37.9 Å². The number of nitrogens with one attached hydrogen (secondary N) is 1. The van der Waals surface area contributed by atoms with Crippen LogP contribution < -0.4 is 5.32 Å². The molecule has 0 saturated carbocycles. The van der Waals surface area contributed by atoms with Crippen LogP contribution in [0.1, 0.15) is 25.7 Å². The van der Waals surface area contributed by atoms with Crippen LogP contribution in [0.3, 0.4) is 0 Å². The van der Waals surface area contributed by atoms with Gasteiger partial charge in [-0.05, 0) is 25.7 Å². The molecule has 2 aliphatic heterocycles. The molecule has 2 saturated heterocycles. The second-order valence-electron chi connectivity index (χ2n) is 5.12. The zero-order chi connectivity index (χ0) is 12.8. The van der Waals surface area contributed by atoms with Gasteiger partial charge in [-0.2, -0.15) is 0 Å². The van der Waals surface area contributed by atoms with Crippen LogP contribution >= 0.6 is 0 Å². The van der Waals surface area contributed by atoms with E-state index in [2.05, 4.69) is 5.32 Å². The van der Waals surface area contributed by atoms with Crippen LogP contribution in [0.25, 0.3) is 0 Å². The van der Waals surface area contributed by atoms with Crippen molar-refractivity contribution >= 4 is 9.84 Å². The second kappa shape index (κ2) is 6.84. The smallest absolute Gasteiger partial charge is 0.151 e. The van der Waals surface area contributed by atoms with E-state index in [1.807, 2.05) is 0 Å². The van der Waals surface area contributed by atoms with Crippen molar-refractivity contribution in [3.8, 4) is 0 Å². The van der Waals surface area contributed by atoms with E-state index in [-0.39, 0.29) is 17.9 Å². The summed E-state index contributed by atoms with van der Waals surface area (Å²) in [5, 5.41) is 3.23. The van der Waals surface area contributed by atoms with Crippen molar-refractivity contribution in [2.45, 2.75) is 37.8 Å². The number of sulfone groups is 1. The summed E-state index contributed by atoms with van der Waals surface area (Å²) < 4.78 is 33.6. The molecule has 0 spiro atoms. The van der Waals surface area contributed by atoms with Gasteiger partial charge in [-0.15, -0.1) is 0 Å². The predicted molar refractivity (Wildman–Crippen MR) is 69.5 cm³/mol. The summed E-state index contributed by atoms with van der Waals surface area (Å²) >= 11 is 0. The van der Waals surface area contributed by atoms with Gasteiger partial charge in [-0.3, -0.25) is 0 Å². The maximum absolute atomic E-state index is 11.2. The van der Waals surface area contributed by atoms with Gasteiger partial charge in [0.2, 0.25) is 0 Å². The van der Waals surface area contributed by atoms with E-state index >= 15 is 0 Å². The van der Waals surface area contributed by atoms with Gasteiger partial charge in [-0.25, -0.2) is 8.42 Å². The summed E-state index contributed by atoms with van der Waals surface area (Å²) in [7, 11) is -2.78. The third-order valence-corrected chi connectivity index (χ3v) is 5.26. The minimum absolute atomic E-state index is 0.115. The summed E-state index contributed by atoms with van der Waals surface area (Å²) in [5.41, 5.74) is 0. The molecular formula is C12H23NO4S. The molecule has 2 aliphatic rings. The molecule has 1 N–H and O–H groups in total. The van der Waals surface area contributed by atoms with Gasteiger partial charge in [0.05, 0.1) is 30.8 Å². The molecule has 2 atom stereocenters. The van der Waals surface area contributed by atoms with Crippen molar-refractivity contribution in [1.82, 2.24) is 5.32 Å². The van der Waals surface area contributed by atoms with E-state index in [4.69, 9.17) is 9.47 Å². The molecule has 2 fully saturated rings.